The van der Waals surface area contributed by atoms with Crippen LogP contribution in [0.15, 0.2) is 0 Å². The molecule has 0 aromatic carbocycles. The average Bonchev–Trinajstić information content (AvgIpc) is 2.29. The maximum Gasteiger partial charge on any atom is 0.173 e. The van der Waals surface area contributed by atoms with Crippen LogP contribution < -0.4 is 0 Å². The van der Waals surface area contributed by atoms with E-state index < -0.39 is 16.6 Å². The molecule has 0 aliphatic carbocycles. The summed E-state index contributed by atoms with van der Waals surface area (Å²) < 4.78 is 16.3. The van der Waals surface area contributed by atoms with Crippen molar-refractivity contribution in [3.63, 3.8) is 0 Å². The molecule has 19 heavy (non-hydrogen) atoms. The molecule has 0 fully saturated rings. The molecule has 0 bridgehead atoms. The number of ether oxygens (including phenoxy) is 2. The zero-order valence-electron chi connectivity index (χ0n) is 12.8. The lowest BCUT2D eigenvalue weighted by Gasteiger charge is -2.34. The minimum absolute atomic E-state index is 0.200. The summed E-state index contributed by atoms with van der Waals surface area (Å²) in [5.74, 6) is 0. The monoisotopic (exact) mass is 310 g/mol. The van der Waals surface area contributed by atoms with Crippen molar-refractivity contribution in [2.45, 2.75) is 51.1 Å². The van der Waals surface area contributed by atoms with Gasteiger partial charge in [0.05, 0.1) is 0 Å². The van der Waals surface area contributed by atoms with Gasteiger partial charge >= 0.3 is 0 Å². The molecular formula is C12H30O5Si2. The molecule has 7 heteroatoms. The highest BCUT2D eigenvalue weighted by atomic mass is 28.4. The summed E-state index contributed by atoms with van der Waals surface area (Å²) in [6.07, 6.45) is 1.88. The van der Waals surface area contributed by atoms with Crippen LogP contribution in [-0.4, -0.2) is 53.6 Å². The van der Waals surface area contributed by atoms with E-state index in [0.29, 0.717) is 13.2 Å². The summed E-state index contributed by atoms with van der Waals surface area (Å²) in [5.41, 5.74) is 0. The largest absolute Gasteiger partial charge is 0.455 e. The molecule has 2 N–H and O–H groups in total. The van der Waals surface area contributed by atoms with Crippen LogP contribution in [0, 0.1) is 0 Å². The Hall–Kier alpha value is 0.234. The fourth-order valence-corrected chi connectivity index (χ4v) is 11.0. The van der Waals surface area contributed by atoms with Gasteiger partial charge in [-0.05, 0) is 51.1 Å². The Balaban J connectivity index is 3.93. The fourth-order valence-electron chi connectivity index (χ4n) is 2.18. The number of hydrogen-bond donors (Lipinski definition) is 2. The summed E-state index contributed by atoms with van der Waals surface area (Å²) in [5, 5.41) is 17.1. The van der Waals surface area contributed by atoms with Gasteiger partial charge in [-0.1, -0.05) is 0 Å². The molecule has 116 valence electrons. The summed E-state index contributed by atoms with van der Waals surface area (Å²) in [6, 6.07) is 2.10. The van der Waals surface area contributed by atoms with E-state index in [4.69, 9.17) is 23.8 Å². The van der Waals surface area contributed by atoms with Gasteiger partial charge in [-0.15, -0.1) is 0 Å². The van der Waals surface area contributed by atoms with Crippen molar-refractivity contribution in [1.82, 2.24) is 0 Å². The molecule has 0 spiro atoms. The van der Waals surface area contributed by atoms with Crippen LogP contribution in [0.25, 0.3) is 0 Å². The van der Waals surface area contributed by atoms with Gasteiger partial charge in [0.1, 0.15) is 13.6 Å². The maximum absolute atomic E-state index is 8.56. The Bertz CT molecular complexity index is 202. The van der Waals surface area contributed by atoms with Gasteiger partial charge in [-0.2, -0.15) is 0 Å². The zero-order valence-corrected chi connectivity index (χ0v) is 14.8. The van der Waals surface area contributed by atoms with E-state index in [1.165, 1.54) is 0 Å². The first-order valence-electron chi connectivity index (χ1n) is 6.90. The van der Waals surface area contributed by atoms with Crippen LogP contribution in [0.1, 0.15) is 12.8 Å². The summed E-state index contributed by atoms with van der Waals surface area (Å²) >= 11 is 0. The van der Waals surface area contributed by atoms with Gasteiger partial charge in [0.2, 0.25) is 0 Å². The van der Waals surface area contributed by atoms with Gasteiger partial charge in [-0.25, -0.2) is 0 Å². The first kappa shape index (κ1) is 19.2. The van der Waals surface area contributed by atoms with Crippen LogP contribution in [0.4, 0.5) is 0 Å². The number of rotatable bonds is 12. The van der Waals surface area contributed by atoms with Gasteiger partial charge in [0.25, 0.3) is 0 Å². The van der Waals surface area contributed by atoms with Crippen molar-refractivity contribution in [3.05, 3.63) is 0 Å². The summed E-state index contributed by atoms with van der Waals surface area (Å²) in [4.78, 5) is 0. The predicted octanol–water partition coefficient (Wildman–Crippen LogP) is 2.13. The van der Waals surface area contributed by atoms with E-state index in [0.717, 1.165) is 24.9 Å². The highest BCUT2D eigenvalue weighted by molar-refractivity contribution is 6.84. The third-order valence-corrected chi connectivity index (χ3v) is 10.4. The molecule has 0 rings (SSSR count). The second-order valence-corrected chi connectivity index (χ2v) is 14.8. The van der Waals surface area contributed by atoms with Crippen LogP contribution in [-0.2, 0) is 13.6 Å². The van der Waals surface area contributed by atoms with Crippen LogP contribution in [0.5, 0.6) is 0 Å². The van der Waals surface area contributed by atoms with Gasteiger partial charge in [0.15, 0.2) is 16.6 Å². The summed E-state index contributed by atoms with van der Waals surface area (Å²) in [7, 11) is -3.29. The van der Waals surface area contributed by atoms with E-state index in [2.05, 4.69) is 26.2 Å². The lowest BCUT2D eigenvalue weighted by Crippen LogP contribution is -2.44. The number of hydrogen-bond acceptors (Lipinski definition) is 5. The first-order valence-corrected chi connectivity index (χ1v) is 13.1. The molecule has 0 heterocycles. The van der Waals surface area contributed by atoms with Gasteiger partial charge in [0, 0.05) is 13.2 Å². The lowest BCUT2D eigenvalue weighted by atomic mass is 10.5. The fraction of sp³-hybridized carbons (Fsp3) is 1.00. The topological polar surface area (TPSA) is 68.2 Å². The van der Waals surface area contributed by atoms with E-state index in [1.807, 2.05) is 0 Å². The Morgan fingerprint density at radius 3 is 1.42 bits per heavy atom. The molecule has 0 aromatic rings. The van der Waals surface area contributed by atoms with Crippen molar-refractivity contribution < 1.29 is 23.8 Å². The Morgan fingerprint density at radius 1 is 0.737 bits per heavy atom. The Morgan fingerprint density at radius 2 is 1.11 bits per heavy atom. The smallest absolute Gasteiger partial charge is 0.173 e. The minimum atomic E-state index is -1.65. The number of aliphatic hydroxyl groups excluding tert-OH is 2. The Kier molecular flexibility index (Phi) is 10.2. The molecule has 0 atom stereocenters. The number of aliphatic hydroxyl groups is 2. The van der Waals surface area contributed by atoms with Crippen molar-refractivity contribution in [2.24, 2.45) is 0 Å². The van der Waals surface area contributed by atoms with Crippen molar-refractivity contribution >= 4 is 16.6 Å². The quantitative estimate of drug-likeness (QED) is 0.328. The predicted molar refractivity (Wildman–Crippen MR) is 81.0 cm³/mol. The van der Waals surface area contributed by atoms with Crippen LogP contribution in [0.2, 0.25) is 38.3 Å². The van der Waals surface area contributed by atoms with E-state index in [-0.39, 0.29) is 13.6 Å². The normalized spacial score (nSPS) is 12.9. The molecular weight excluding hydrogens is 280 g/mol. The van der Waals surface area contributed by atoms with Crippen molar-refractivity contribution in [1.29, 1.82) is 0 Å². The SMILES string of the molecule is C[Si](C)(CCCOCO)O[Si](C)(C)CCCOCO. The zero-order chi connectivity index (χ0) is 14.8. The van der Waals surface area contributed by atoms with E-state index in [9.17, 15) is 0 Å². The van der Waals surface area contributed by atoms with E-state index >= 15 is 0 Å². The molecule has 0 aliphatic rings. The molecule has 0 unspecified atom stereocenters. The average molecular weight is 311 g/mol. The van der Waals surface area contributed by atoms with Crippen molar-refractivity contribution in [3.8, 4) is 0 Å². The lowest BCUT2D eigenvalue weighted by molar-refractivity contribution is -0.00119. The molecule has 0 saturated heterocycles. The molecule has 5 nitrogen and oxygen atoms in total. The van der Waals surface area contributed by atoms with Crippen LogP contribution in [0.3, 0.4) is 0 Å². The third kappa shape index (κ3) is 11.7. The highest BCUT2D eigenvalue weighted by Gasteiger charge is 2.32. The molecule has 0 amide bonds. The second-order valence-electron chi connectivity index (χ2n) is 5.90. The van der Waals surface area contributed by atoms with E-state index in [1.54, 1.807) is 0 Å². The maximum atomic E-state index is 8.56. The molecule has 0 radical (unpaired) electrons. The molecule has 0 saturated carbocycles. The second kappa shape index (κ2) is 10.0. The van der Waals surface area contributed by atoms with Gasteiger partial charge < -0.3 is 23.8 Å². The minimum Gasteiger partial charge on any atom is -0.455 e. The standard InChI is InChI=1S/C12H30O5Si2/c1-18(2,9-5-7-15-11-13)17-19(3,4)10-6-8-16-12-14/h13-14H,5-12H2,1-4H3. The molecule has 0 aromatic heterocycles. The third-order valence-electron chi connectivity index (χ3n) is 2.87. The van der Waals surface area contributed by atoms with Crippen molar-refractivity contribution in [2.75, 3.05) is 26.8 Å². The highest BCUT2D eigenvalue weighted by Crippen LogP contribution is 2.23. The first-order chi connectivity index (χ1) is 8.83. The Labute approximate surface area is 119 Å². The molecule has 0 aliphatic heterocycles. The van der Waals surface area contributed by atoms with Crippen LogP contribution >= 0.6 is 0 Å². The summed E-state index contributed by atoms with van der Waals surface area (Å²) in [6.45, 7) is 9.76. The van der Waals surface area contributed by atoms with Gasteiger partial charge in [-0.3, -0.25) is 0 Å².